The Morgan fingerprint density at radius 3 is 2.25 bits per heavy atom. The lowest BCUT2D eigenvalue weighted by molar-refractivity contribution is 0.280. The van der Waals surface area contributed by atoms with Crippen molar-refractivity contribution in [3.05, 3.63) is 35.9 Å². The molecule has 5 heteroatoms. The fraction of sp³-hybridized carbons (Fsp3) is 0.455. The summed E-state index contributed by atoms with van der Waals surface area (Å²) in [6, 6.07) is 8.80. The number of rotatable bonds is 6. The Labute approximate surface area is 95.1 Å². The average molecular weight is 244 g/mol. The van der Waals surface area contributed by atoms with Gasteiger partial charge in [-0.05, 0) is 24.8 Å². The SMILES string of the molecule is O=P(O)(O)C(CCCCO)c1ccccc1. The van der Waals surface area contributed by atoms with Gasteiger partial charge in [0.1, 0.15) is 0 Å². The number of benzene rings is 1. The van der Waals surface area contributed by atoms with Gasteiger partial charge in [0.25, 0.3) is 0 Å². The molecule has 0 aliphatic heterocycles. The van der Waals surface area contributed by atoms with E-state index >= 15 is 0 Å². The number of aliphatic hydroxyl groups excluding tert-OH is 1. The maximum absolute atomic E-state index is 11.4. The summed E-state index contributed by atoms with van der Waals surface area (Å²) in [5.74, 6) is 0. The fourth-order valence-corrected chi connectivity index (χ4v) is 2.73. The lowest BCUT2D eigenvalue weighted by Gasteiger charge is -2.18. The molecule has 16 heavy (non-hydrogen) atoms. The van der Waals surface area contributed by atoms with Crippen molar-refractivity contribution in [3.8, 4) is 0 Å². The van der Waals surface area contributed by atoms with Gasteiger partial charge in [0.2, 0.25) is 0 Å². The highest BCUT2D eigenvalue weighted by Gasteiger charge is 2.29. The molecule has 4 nitrogen and oxygen atoms in total. The number of unbranched alkanes of at least 4 members (excludes halogenated alkanes) is 1. The minimum Gasteiger partial charge on any atom is -0.396 e. The van der Waals surface area contributed by atoms with Crippen molar-refractivity contribution in [2.45, 2.75) is 24.9 Å². The van der Waals surface area contributed by atoms with E-state index in [0.29, 0.717) is 24.8 Å². The number of hydrogen-bond acceptors (Lipinski definition) is 2. The third-order valence-electron chi connectivity index (χ3n) is 2.48. The van der Waals surface area contributed by atoms with Crippen molar-refractivity contribution in [1.82, 2.24) is 0 Å². The quantitative estimate of drug-likeness (QED) is 0.528. The van der Waals surface area contributed by atoms with Crippen LogP contribution in [0.1, 0.15) is 30.5 Å². The monoisotopic (exact) mass is 244 g/mol. The molecule has 90 valence electrons. The maximum Gasteiger partial charge on any atom is 0.332 e. The number of hydrogen-bond donors (Lipinski definition) is 3. The minimum atomic E-state index is -4.12. The van der Waals surface area contributed by atoms with Crippen LogP contribution < -0.4 is 0 Å². The van der Waals surface area contributed by atoms with Crippen LogP contribution in [0, 0.1) is 0 Å². The predicted octanol–water partition coefficient (Wildman–Crippen LogP) is 2.07. The van der Waals surface area contributed by atoms with Gasteiger partial charge in [-0.25, -0.2) is 0 Å². The summed E-state index contributed by atoms with van der Waals surface area (Å²) in [6.07, 6.45) is 1.58. The molecule has 0 aliphatic rings. The molecule has 0 aromatic heterocycles. The molecule has 1 rings (SSSR count). The normalized spacial score (nSPS) is 13.7. The highest BCUT2D eigenvalue weighted by molar-refractivity contribution is 7.52. The van der Waals surface area contributed by atoms with E-state index in [9.17, 15) is 14.4 Å². The molecular weight excluding hydrogens is 227 g/mol. The maximum atomic E-state index is 11.4. The van der Waals surface area contributed by atoms with Crippen molar-refractivity contribution in [1.29, 1.82) is 0 Å². The molecule has 1 aromatic rings. The Kier molecular flexibility index (Phi) is 5.16. The molecule has 0 heterocycles. The second-order valence-corrected chi connectivity index (χ2v) is 5.54. The van der Waals surface area contributed by atoms with E-state index < -0.39 is 13.3 Å². The van der Waals surface area contributed by atoms with Crippen LogP contribution >= 0.6 is 7.60 Å². The molecule has 0 aliphatic carbocycles. The molecule has 0 radical (unpaired) electrons. The molecule has 0 spiro atoms. The summed E-state index contributed by atoms with van der Waals surface area (Å²) in [4.78, 5) is 18.6. The van der Waals surface area contributed by atoms with Crippen LogP contribution in [0.15, 0.2) is 30.3 Å². The Morgan fingerprint density at radius 1 is 1.12 bits per heavy atom. The van der Waals surface area contributed by atoms with Gasteiger partial charge in [0.05, 0.1) is 5.66 Å². The zero-order valence-electron chi connectivity index (χ0n) is 8.99. The second kappa shape index (κ2) is 6.16. The molecule has 0 fully saturated rings. The lowest BCUT2D eigenvalue weighted by Crippen LogP contribution is -2.00. The number of aliphatic hydroxyl groups is 1. The third kappa shape index (κ3) is 4.06. The fourth-order valence-electron chi connectivity index (χ4n) is 1.65. The van der Waals surface area contributed by atoms with Gasteiger partial charge in [0.15, 0.2) is 0 Å². The van der Waals surface area contributed by atoms with Crippen LogP contribution in [0.2, 0.25) is 0 Å². The minimum absolute atomic E-state index is 0.0582. The first kappa shape index (κ1) is 13.4. The first-order chi connectivity index (χ1) is 7.55. The van der Waals surface area contributed by atoms with Gasteiger partial charge < -0.3 is 14.9 Å². The molecule has 1 atom stereocenters. The van der Waals surface area contributed by atoms with Crippen molar-refractivity contribution < 1.29 is 19.5 Å². The second-order valence-electron chi connectivity index (χ2n) is 3.73. The van der Waals surface area contributed by atoms with Crippen molar-refractivity contribution in [3.63, 3.8) is 0 Å². The third-order valence-corrected chi connectivity index (χ3v) is 3.84. The van der Waals surface area contributed by atoms with Crippen molar-refractivity contribution in [2.75, 3.05) is 6.61 Å². The van der Waals surface area contributed by atoms with E-state index in [4.69, 9.17) is 5.11 Å². The largest absolute Gasteiger partial charge is 0.396 e. The van der Waals surface area contributed by atoms with E-state index in [-0.39, 0.29) is 6.61 Å². The standard InChI is InChI=1S/C11H17O4P/c12-9-5-4-8-11(16(13,14)15)10-6-2-1-3-7-10/h1-3,6-7,11-12H,4-5,8-9H2,(H2,13,14,15). The highest BCUT2D eigenvalue weighted by atomic mass is 31.2. The predicted molar refractivity (Wildman–Crippen MR) is 62.2 cm³/mol. The molecule has 1 unspecified atom stereocenters. The van der Waals surface area contributed by atoms with Gasteiger partial charge in [-0.1, -0.05) is 30.3 Å². The van der Waals surface area contributed by atoms with Crippen molar-refractivity contribution >= 4 is 7.60 Å². The molecule has 0 amide bonds. The Balaban J connectivity index is 2.77. The van der Waals surface area contributed by atoms with Gasteiger partial charge in [-0.2, -0.15) is 0 Å². The Hall–Kier alpha value is -0.670. The van der Waals surface area contributed by atoms with Gasteiger partial charge in [-0.3, -0.25) is 4.57 Å². The summed E-state index contributed by atoms with van der Waals surface area (Å²) < 4.78 is 11.4. The van der Waals surface area contributed by atoms with Gasteiger partial charge in [-0.15, -0.1) is 0 Å². The van der Waals surface area contributed by atoms with Crippen LogP contribution in [0.5, 0.6) is 0 Å². The molecular formula is C11H17O4P. The lowest BCUT2D eigenvalue weighted by atomic mass is 10.1. The van der Waals surface area contributed by atoms with Gasteiger partial charge >= 0.3 is 7.60 Å². The zero-order valence-corrected chi connectivity index (χ0v) is 9.88. The van der Waals surface area contributed by atoms with E-state index in [0.717, 1.165) is 0 Å². The summed E-state index contributed by atoms with van der Waals surface area (Å²) in [5, 5.41) is 8.66. The highest BCUT2D eigenvalue weighted by Crippen LogP contribution is 2.54. The molecule has 1 aromatic carbocycles. The topological polar surface area (TPSA) is 77.8 Å². The van der Waals surface area contributed by atoms with Crippen molar-refractivity contribution in [2.24, 2.45) is 0 Å². The molecule has 0 saturated heterocycles. The summed E-state index contributed by atoms with van der Waals surface area (Å²) in [5.41, 5.74) is -0.0889. The molecule has 0 bridgehead atoms. The van der Waals surface area contributed by atoms with E-state index in [1.807, 2.05) is 6.07 Å². The van der Waals surface area contributed by atoms with E-state index in [2.05, 4.69) is 0 Å². The zero-order chi connectivity index (χ0) is 12.0. The smallest absolute Gasteiger partial charge is 0.332 e. The van der Waals surface area contributed by atoms with E-state index in [1.165, 1.54) is 0 Å². The van der Waals surface area contributed by atoms with Crippen LogP contribution in [-0.2, 0) is 4.57 Å². The van der Waals surface area contributed by atoms with Crippen LogP contribution in [0.4, 0.5) is 0 Å². The summed E-state index contributed by atoms with van der Waals surface area (Å²) in [6.45, 7) is 0.0582. The van der Waals surface area contributed by atoms with E-state index in [1.54, 1.807) is 24.3 Å². The average Bonchev–Trinajstić information content (AvgIpc) is 2.24. The Morgan fingerprint density at radius 2 is 1.75 bits per heavy atom. The Bertz CT molecular complexity index is 346. The molecule has 3 N–H and O–H groups in total. The summed E-state index contributed by atoms with van der Waals surface area (Å²) in [7, 11) is -4.12. The van der Waals surface area contributed by atoms with Crippen LogP contribution in [-0.4, -0.2) is 21.5 Å². The first-order valence-electron chi connectivity index (χ1n) is 5.26. The van der Waals surface area contributed by atoms with Gasteiger partial charge in [0, 0.05) is 6.61 Å². The van der Waals surface area contributed by atoms with Crippen LogP contribution in [0.3, 0.4) is 0 Å². The molecule has 0 saturated carbocycles. The first-order valence-corrected chi connectivity index (χ1v) is 6.95. The summed E-state index contributed by atoms with van der Waals surface area (Å²) >= 11 is 0. The van der Waals surface area contributed by atoms with Crippen LogP contribution in [0.25, 0.3) is 0 Å².